The molecule has 120 valence electrons. The first-order valence-corrected chi connectivity index (χ1v) is 9.27. The highest BCUT2D eigenvalue weighted by atomic mass is 79.9. The summed E-state index contributed by atoms with van der Waals surface area (Å²) >= 11 is 3.48. The molecule has 2 N–H and O–H groups in total. The van der Waals surface area contributed by atoms with E-state index in [1.54, 1.807) is 0 Å². The topological polar surface area (TPSA) is 41.1 Å². The SMILES string of the molecule is O=C(CCC1CCNC1)NC(c1ccc(Br)cc1)C1CCC1. The fourth-order valence-electron chi connectivity index (χ4n) is 3.46. The van der Waals surface area contributed by atoms with E-state index in [9.17, 15) is 4.79 Å². The second-order valence-electron chi connectivity index (χ2n) is 6.69. The highest BCUT2D eigenvalue weighted by Crippen LogP contribution is 2.38. The van der Waals surface area contributed by atoms with Crippen LogP contribution in [-0.4, -0.2) is 19.0 Å². The highest BCUT2D eigenvalue weighted by Gasteiger charge is 2.29. The maximum absolute atomic E-state index is 12.4. The number of benzene rings is 1. The van der Waals surface area contributed by atoms with Crippen LogP contribution in [0.4, 0.5) is 0 Å². The molecule has 1 aromatic carbocycles. The molecule has 1 aliphatic carbocycles. The van der Waals surface area contributed by atoms with Crippen molar-refractivity contribution in [2.75, 3.05) is 13.1 Å². The van der Waals surface area contributed by atoms with E-state index in [1.807, 2.05) is 0 Å². The quantitative estimate of drug-likeness (QED) is 0.805. The first kappa shape index (κ1) is 16.0. The smallest absolute Gasteiger partial charge is 0.220 e. The average molecular weight is 365 g/mol. The number of nitrogens with one attached hydrogen (secondary N) is 2. The Morgan fingerprint density at radius 1 is 1.27 bits per heavy atom. The first-order chi connectivity index (χ1) is 10.7. The van der Waals surface area contributed by atoms with Gasteiger partial charge in [0.25, 0.3) is 0 Å². The molecule has 1 amide bonds. The van der Waals surface area contributed by atoms with Crippen molar-refractivity contribution in [1.82, 2.24) is 10.6 Å². The number of amides is 1. The van der Waals surface area contributed by atoms with E-state index in [0.29, 0.717) is 18.3 Å². The largest absolute Gasteiger partial charge is 0.349 e. The van der Waals surface area contributed by atoms with E-state index >= 15 is 0 Å². The molecule has 3 rings (SSSR count). The number of carbonyl (C=O) groups is 1. The van der Waals surface area contributed by atoms with Crippen LogP contribution < -0.4 is 10.6 Å². The minimum atomic E-state index is 0.191. The van der Waals surface area contributed by atoms with Crippen LogP contribution in [0.2, 0.25) is 0 Å². The summed E-state index contributed by atoms with van der Waals surface area (Å²) in [6.07, 6.45) is 6.64. The van der Waals surface area contributed by atoms with Crippen molar-refractivity contribution in [2.24, 2.45) is 11.8 Å². The molecule has 4 heteroatoms. The van der Waals surface area contributed by atoms with Crippen molar-refractivity contribution in [1.29, 1.82) is 0 Å². The lowest BCUT2D eigenvalue weighted by Crippen LogP contribution is -2.36. The van der Waals surface area contributed by atoms with Crippen LogP contribution in [0, 0.1) is 11.8 Å². The molecule has 1 heterocycles. The molecule has 1 aliphatic heterocycles. The zero-order valence-corrected chi connectivity index (χ0v) is 14.6. The number of hydrogen-bond acceptors (Lipinski definition) is 2. The second-order valence-corrected chi connectivity index (χ2v) is 7.60. The molecule has 3 nitrogen and oxygen atoms in total. The summed E-state index contributed by atoms with van der Waals surface area (Å²) in [6.45, 7) is 2.18. The molecule has 1 saturated carbocycles. The molecule has 22 heavy (non-hydrogen) atoms. The predicted octanol–water partition coefficient (Wildman–Crippen LogP) is 3.80. The summed E-state index contributed by atoms with van der Waals surface area (Å²) in [5.41, 5.74) is 1.24. The summed E-state index contributed by atoms with van der Waals surface area (Å²) in [5.74, 6) is 1.51. The van der Waals surface area contributed by atoms with Crippen molar-refractivity contribution in [3.63, 3.8) is 0 Å². The Morgan fingerprint density at radius 2 is 2.05 bits per heavy atom. The Kier molecular flexibility index (Phi) is 5.53. The Bertz CT molecular complexity index is 492. The van der Waals surface area contributed by atoms with Gasteiger partial charge in [0.15, 0.2) is 0 Å². The van der Waals surface area contributed by atoms with E-state index in [-0.39, 0.29) is 11.9 Å². The van der Waals surface area contributed by atoms with Crippen molar-refractivity contribution in [3.05, 3.63) is 34.3 Å². The molecule has 2 atom stereocenters. The van der Waals surface area contributed by atoms with Crippen LogP contribution in [0.1, 0.15) is 50.1 Å². The van der Waals surface area contributed by atoms with Gasteiger partial charge >= 0.3 is 0 Å². The van der Waals surface area contributed by atoms with E-state index in [4.69, 9.17) is 0 Å². The van der Waals surface area contributed by atoms with Gasteiger partial charge in [0, 0.05) is 10.9 Å². The monoisotopic (exact) mass is 364 g/mol. The third-order valence-corrected chi connectivity index (χ3v) is 5.64. The van der Waals surface area contributed by atoms with Gasteiger partial charge < -0.3 is 10.6 Å². The summed E-state index contributed by atoms with van der Waals surface area (Å²) in [7, 11) is 0. The van der Waals surface area contributed by atoms with Crippen molar-refractivity contribution >= 4 is 21.8 Å². The Balaban J connectivity index is 1.57. The fourth-order valence-corrected chi connectivity index (χ4v) is 3.72. The first-order valence-electron chi connectivity index (χ1n) is 8.48. The molecule has 0 aromatic heterocycles. The van der Waals surface area contributed by atoms with E-state index in [2.05, 4.69) is 50.8 Å². The molecule has 1 aromatic rings. The molecule has 0 spiro atoms. The average Bonchev–Trinajstić information content (AvgIpc) is 2.97. The normalized spacial score (nSPS) is 23.0. The molecular formula is C18H25BrN2O. The summed E-state index contributed by atoms with van der Waals surface area (Å²) in [5, 5.41) is 6.67. The molecule has 0 radical (unpaired) electrons. The van der Waals surface area contributed by atoms with Crippen molar-refractivity contribution in [3.8, 4) is 0 Å². The van der Waals surface area contributed by atoms with E-state index in [0.717, 1.165) is 24.0 Å². The lowest BCUT2D eigenvalue weighted by atomic mass is 9.77. The third kappa shape index (κ3) is 4.11. The number of carbonyl (C=O) groups excluding carboxylic acids is 1. The Hall–Kier alpha value is -0.870. The molecule has 2 fully saturated rings. The summed E-state index contributed by atoms with van der Waals surface area (Å²) in [6, 6.07) is 8.59. The van der Waals surface area contributed by atoms with Gasteiger partial charge in [-0.1, -0.05) is 34.5 Å². The van der Waals surface area contributed by atoms with Gasteiger partial charge in [0.2, 0.25) is 5.91 Å². The minimum Gasteiger partial charge on any atom is -0.349 e. The lowest BCUT2D eigenvalue weighted by Gasteiger charge is -2.34. The number of hydrogen-bond donors (Lipinski definition) is 2. The van der Waals surface area contributed by atoms with Gasteiger partial charge in [-0.25, -0.2) is 0 Å². The highest BCUT2D eigenvalue weighted by molar-refractivity contribution is 9.10. The standard InChI is InChI=1S/C18H25BrN2O/c19-16-7-5-15(6-8-16)18(14-2-1-3-14)21-17(22)9-4-13-10-11-20-12-13/h5-8,13-14,18,20H,1-4,9-12H2,(H,21,22). The third-order valence-electron chi connectivity index (χ3n) is 5.11. The Morgan fingerprint density at radius 3 is 2.64 bits per heavy atom. The second kappa shape index (κ2) is 7.60. The minimum absolute atomic E-state index is 0.191. The van der Waals surface area contributed by atoms with E-state index < -0.39 is 0 Å². The molecule has 0 bridgehead atoms. The van der Waals surface area contributed by atoms with Crippen LogP contribution in [0.15, 0.2) is 28.7 Å². The molecule has 2 unspecified atom stereocenters. The Labute approximate surface area is 141 Å². The van der Waals surface area contributed by atoms with Gasteiger partial charge in [-0.3, -0.25) is 4.79 Å². The lowest BCUT2D eigenvalue weighted by molar-refractivity contribution is -0.122. The predicted molar refractivity (Wildman–Crippen MR) is 92.6 cm³/mol. The maximum atomic E-state index is 12.4. The van der Waals surface area contributed by atoms with Gasteiger partial charge in [-0.05, 0) is 68.3 Å². The van der Waals surface area contributed by atoms with E-state index in [1.165, 1.54) is 31.2 Å². The van der Waals surface area contributed by atoms with Crippen LogP contribution in [0.5, 0.6) is 0 Å². The number of rotatable bonds is 6. The van der Waals surface area contributed by atoms with Gasteiger partial charge in [0.1, 0.15) is 0 Å². The van der Waals surface area contributed by atoms with Gasteiger partial charge in [-0.15, -0.1) is 0 Å². The zero-order valence-electron chi connectivity index (χ0n) is 13.0. The molecular weight excluding hydrogens is 340 g/mol. The van der Waals surface area contributed by atoms with Crippen molar-refractivity contribution in [2.45, 2.75) is 44.6 Å². The van der Waals surface area contributed by atoms with Crippen LogP contribution in [-0.2, 0) is 4.79 Å². The van der Waals surface area contributed by atoms with Gasteiger partial charge in [0.05, 0.1) is 6.04 Å². The van der Waals surface area contributed by atoms with Crippen LogP contribution >= 0.6 is 15.9 Å². The summed E-state index contributed by atoms with van der Waals surface area (Å²) in [4.78, 5) is 12.4. The molecule has 1 saturated heterocycles. The number of halogens is 1. The zero-order chi connectivity index (χ0) is 15.4. The van der Waals surface area contributed by atoms with Crippen LogP contribution in [0.3, 0.4) is 0 Å². The molecule has 2 aliphatic rings. The fraction of sp³-hybridized carbons (Fsp3) is 0.611. The van der Waals surface area contributed by atoms with Crippen molar-refractivity contribution < 1.29 is 4.79 Å². The maximum Gasteiger partial charge on any atom is 0.220 e. The van der Waals surface area contributed by atoms with Gasteiger partial charge in [-0.2, -0.15) is 0 Å². The summed E-state index contributed by atoms with van der Waals surface area (Å²) < 4.78 is 1.09. The van der Waals surface area contributed by atoms with Crippen LogP contribution in [0.25, 0.3) is 0 Å².